The zero-order valence-electron chi connectivity index (χ0n) is 11.1. The summed E-state index contributed by atoms with van der Waals surface area (Å²) in [5.41, 5.74) is 0.539. The van der Waals surface area contributed by atoms with E-state index in [1.807, 2.05) is 0 Å². The van der Waals surface area contributed by atoms with Crippen LogP contribution < -0.4 is 4.74 Å². The minimum absolute atomic E-state index is 0.000824. The fourth-order valence-electron chi connectivity index (χ4n) is 1.62. The highest BCUT2D eigenvalue weighted by molar-refractivity contribution is 5.81. The molecule has 0 saturated carbocycles. The lowest BCUT2D eigenvalue weighted by Crippen LogP contribution is -2.09. The van der Waals surface area contributed by atoms with E-state index in [1.54, 1.807) is 0 Å². The summed E-state index contributed by atoms with van der Waals surface area (Å²) in [5.74, 6) is -0.104. The predicted molar refractivity (Wildman–Crippen MR) is 66.8 cm³/mol. The van der Waals surface area contributed by atoms with Gasteiger partial charge < -0.3 is 14.0 Å². The largest absolute Gasteiger partial charge is 0.494 e. The molecule has 1 heterocycles. The van der Waals surface area contributed by atoms with Crippen molar-refractivity contribution in [1.82, 2.24) is 10.1 Å². The fraction of sp³-hybridized carbons (Fsp3) is 0.308. The number of ether oxygens (including phenoxy) is 2. The molecule has 1 aromatic carbocycles. The number of methoxy groups -OCH3 is 2. The number of benzene rings is 1. The van der Waals surface area contributed by atoms with Crippen molar-refractivity contribution in [2.45, 2.75) is 6.42 Å². The average molecular weight is 280 g/mol. The molecule has 0 amide bonds. The third-order valence-corrected chi connectivity index (χ3v) is 2.53. The number of carbonyl (C=O) groups is 1. The van der Waals surface area contributed by atoms with Crippen molar-refractivity contribution in [3.63, 3.8) is 0 Å². The Morgan fingerprint density at radius 2 is 2.20 bits per heavy atom. The summed E-state index contributed by atoms with van der Waals surface area (Å²) in [4.78, 5) is 15.5. The Morgan fingerprint density at radius 1 is 1.40 bits per heavy atom. The van der Waals surface area contributed by atoms with E-state index < -0.39 is 5.82 Å². The second kappa shape index (κ2) is 6.25. The first kappa shape index (κ1) is 14.1. The van der Waals surface area contributed by atoms with Crippen LogP contribution in [0.1, 0.15) is 5.89 Å². The lowest BCUT2D eigenvalue weighted by molar-refractivity contribution is -0.122. The van der Waals surface area contributed by atoms with E-state index in [9.17, 15) is 9.18 Å². The SMILES string of the molecule is COCC(=O)Cc1nc(-c2ccc(F)c(OC)c2)no1. The van der Waals surface area contributed by atoms with Crippen LogP contribution in [0, 0.1) is 5.82 Å². The van der Waals surface area contributed by atoms with Gasteiger partial charge in [0, 0.05) is 12.7 Å². The molecule has 7 heteroatoms. The van der Waals surface area contributed by atoms with Gasteiger partial charge in [-0.25, -0.2) is 4.39 Å². The molecule has 0 aliphatic rings. The summed E-state index contributed by atoms with van der Waals surface area (Å²) in [6.45, 7) is -0.0118. The van der Waals surface area contributed by atoms with Gasteiger partial charge in [0.25, 0.3) is 0 Å². The first-order valence-corrected chi connectivity index (χ1v) is 5.81. The molecule has 0 saturated heterocycles. The number of halogens is 1. The number of Topliss-reactive ketones (excluding diaryl/α,β-unsaturated/α-hetero) is 1. The van der Waals surface area contributed by atoms with Gasteiger partial charge in [-0.3, -0.25) is 4.79 Å². The molecule has 1 aromatic heterocycles. The molecule has 106 valence electrons. The molecule has 6 nitrogen and oxygen atoms in total. The summed E-state index contributed by atoms with van der Waals surface area (Å²) in [7, 11) is 2.80. The van der Waals surface area contributed by atoms with Crippen LogP contribution in [0.5, 0.6) is 5.75 Å². The van der Waals surface area contributed by atoms with Gasteiger partial charge in [-0.1, -0.05) is 5.16 Å². The smallest absolute Gasteiger partial charge is 0.234 e. The predicted octanol–water partition coefficient (Wildman–Crippen LogP) is 1.64. The van der Waals surface area contributed by atoms with Crippen LogP contribution in [-0.2, 0) is 16.0 Å². The van der Waals surface area contributed by atoms with Crippen LogP contribution in [0.25, 0.3) is 11.4 Å². The quantitative estimate of drug-likeness (QED) is 0.800. The number of aromatic nitrogens is 2. The molecule has 0 spiro atoms. The normalized spacial score (nSPS) is 10.6. The molecule has 0 aliphatic carbocycles. The van der Waals surface area contributed by atoms with Crippen LogP contribution in [0.3, 0.4) is 0 Å². The molecule has 2 aromatic rings. The van der Waals surface area contributed by atoms with Crippen LogP contribution in [-0.4, -0.2) is 36.8 Å². The van der Waals surface area contributed by atoms with Crippen LogP contribution >= 0.6 is 0 Å². The van der Waals surface area contributed by atoms with Gasteiger partial charge in [-0.15, -0.1) is 0 Å². The Bertz CT molecular complexity index is 612. The maximum Gasteiger partial charge on any atom is 0.234 e. The molecule has 20 heavy (non-hydrogen) atoms. The third-order valence-electron chi connectivity index (χ3n) is 2.53. The van der Waals surface area contributed by atoms with E-state index in [4.69, 9.17) is 14.0 Å². The van der Waals surface area contributed by atoms with E-state index >= 15 is 0 Å². The minimum Gasteiger partial charge on any atom is -0.494 e. The van der Waals surface area contributed by atoms with Gasteiger partial charge in [0.15, 0.2) is 17.3 Å². The highest BCUT2D eigenvalue weighted by Crippen LogP contribution is 2.24. The van der Waals surface area contributed by atoms with Gasteiger partial charge in [0.1, 0.15) is 6.61 Å². The average Bonchev–Trinajstić information content (AvgIpc) is 2.88. The van der Waals surface area contributed by atoms with Crippen LogP contribution in [0.2, 0.25) is 0 Å². The van der Waals surface area contributed by atoms with Gasteiger partial charge in [0.05, 0.1) is 13.5 Å². The third kappa shape index (κ3) is 3.18. The maximum atomic E-state index is 13.3. The van der Waals surface area contributed by atoms with Crippen molar-refractivity contribution in [2.24, 2.45) is 0 Å². The minimum atomic E-state index is -0.477. The van der Waals surface area contributed by atoms with Gasteiger partial charge in [-0.05, 0) is 18.2 Å². The number of rotatable bonds is 6. The number of carbonyl (C=O) groups excluding carboxylic acids is 1. The molecular formula is C13H13FN2O4. The lowest BCUT2D eigenvalue weighted by Gasteiger charge is -2.02. The topological polar surface area (TPSA) is 74.5 Å². The highest BCUT2D eigenvalue weighted by atomic mass is 19.1. The van der Waals surface area contributed by atoms with Gasteiger partial charge in [-0.2, -0.15) is 4.98 Å². The number of hydrogen-bond acceptors (Lipinski definition) is 6. The van der Waals surface area contributed by atoms with E-state index in [1.165, 1.54) is 32.4 Å². The molecule has 0 bridgehead atoms. The van der Waals surface area contributed by atoms with E-state index in [2.05, 4.69) is 10.1 Å². The molecule has 0 aliphatic heterocycles. The number of ketones is 1. The van der Waals surface area contributed by atoms with Gasteiger partial charge in [0.2, 0.25) is 11.7 Å². The van der Waals surface area contributed by atoms with Crippen molar-refractivity contribution in [2.75, 3.05) is 20.8 Å². The Balaban J connectivity index is 2.18. The molecule has 0 unspecified atom stereocenters. The summed E-state index contributed by atoms with van der Waals surface area (Å²) in [5, 5.41) is 3.75. The van der Waals surface area contributed by atoms with E-state index in [-0.39, 0.29) is 36.3 Å². The maximum absolute atomic E-state index is 13.3. The van der Waals surface area contributed by atoms with Crippen LogP contribution in [0.4, 0.5) is 4.39 Å². The number of hydrogen-bond donors (Lipinski definition) is 0. The number of nitrogens with zero attached hydrogens (tertiary/aromatic N) is 2. The van der Waals surface area contributed by atoms with E-state index in [0.29, 0.717) is 5.56 Å². The molecule has 0 radical (unpaired) electrons. The molecular weight excluding hydrogens is 267 g/mol. The zero-order chi connectivity index (χ0) is 14.5. The molecule has 0 atom stereocenters. The van der Waals surface area contributed by atoms with Crippen molar-refractivity contribution in [3.8, 4) is 17.1 Å². The van der Waals surface area contributed by atoms with Crippen molar-refractivity contribution in [1.29, 1.82) is 0 Å². The van der Waals surface area contributed by atoms with Crippen molar-refractivity contribution >= 4 is 5.78 Å². The van der Waals surface area contributed by atoms with Gasteiger partial charge >= 0.3 is 0 Å². The standard InChI is InChI=1S/C13H13FN2O4/c1-18-7-9(17)6-12-15-13(16-20-12)8-3-4-10(14)11(5-8)19-2/h3-5H,6-7H2,1-2H3. The monoisotopic (exact) mass is 280 g/mol. The Labute approximate surface area is 114 Å². The lowest BCUT2D eigenvalue weighted by atomic mass is 10.2. The zero-order valence-corrected chi connectivity index (χ0v) is 11.1. The Hall–Kier alpha value is -2.28. The highest BCUT2D eigenvalue weighted by Gasteiger charge is 2.14. The molecule has 2 rings (SSSR count). The summed E-state index contributed by atoms with van der Waals surface area (Å²) in [6.07, 6.45) is -0.000824. The second-order valence-corrected chi connectivity index (χ2v) is 4.01. The Morgan fingerprint density at radius 3 is 2.90 bits per heavy atom. The first-order chi connectivity index (χ1) is 9.63. The second-order valence-electron chi connectivity index (χ2n) is 4.01. The molecule has 0 N–H and O–H groups in total. The van der Waals surface area contributed by atoms with E-state index in [0.717, 1.165) is 0 Å². The van der Waals surface area contributed by atoms with Crippen LogP contribution in [0.15, 0.2) is 22.7 Å². The van der Waals surface area contributed by atoms with Crippen molar-refractivity contribution < 1.29 is 23.2 Å². The molecule has 0 fully saturated rings. The summed E-state index contributed by atoms with van der Waals surface area (Å²) < 4.78 is 27.9. The summed E-state index contributed by atoms with van der Waals surface area (Å²) >= 11 is 0. The summed E-state index contributed by atoms with van der Waals surface area (Å²) in [6, 6.07) is 4.21. The van der Waals surface area contributed by atoms with Crippen molar-refractivity contribution in [3.05, 3.63) is 29.9 Å². The Kier molecular flexibility index (Phi) is 4.41. The fourth-order valence-corrected chi connectivity index (χ4v) is 1.62. The first-order valence-electron chi connectivity index (χ1n) is 5.81.